The van der Waals surface area contributed by atoms with Gasteiger partial charge in [-0.05, 0) is 43.9 Å². The number of carbonyl (C=O) groups is 1. The number of carbonyl (C=O) groups excluding carboxylic acids is 1. The minimum atomic E-state index is 0.189. The third-order valence-electron chi connectivity index (χ3n) is 3.10. The van der Waals surface area contributed by atoms with E-state index >= 15 is 0 Å². The highest BCUT2D eigenvalue weighted by Crippen LogP contribution is 2.29. The van der Waals surface area contributed by atoms with Gasteiger partial charge in [-0.1, -0.05) is 11.6 Å². The number of aldehydes is 1. The lowest BCUT2D eigenvalue weighted by Crippen LogP contribution is -2.31. The molecule has 1 aromatic rings. The number of hydrogen-bond acceptors (Lipinski definition) is 3. The average Bonchev–Trinajstić information content (AvgIpc) is 2.34. The molecule has 0 spiro atoms. The summed E-state index contributed by atoms with van der Waals surface area (Å²) in [4.78, 5) is 10.6. The summed E-state index contributed by atoms with van der Waals surface area (Å²) in [5.74, 6) is 0.651. The van der Waals surface area contributed by atoms with Gasteiger partial charge in [0.25, 0.3) is 0 Å². The standard InChI is InChI=1S/C13H16ClNO2/c14-12-7-9(8-16)1-6-13(12)17-11-4-2-10(15)3-5-11/h1,6-8,10-11H,2-5,15H2. The Balaban J connectivity index is 2.01. The summed E-state index contributed by atoms with van der Waals surface area (Å²) in [5.41, 5.74) is 6.40. The second-order valence-electron chi connectivity index (χ2n) is 4.46. The first kappa shape index (κ1) is 12.4. The topological polar surface area (TPSA) is 52.3 Å². The quantitative estimate of drug-likeness (QED) is 0.843. The molecule has 1 saturated carbocycles. The van der Waals surface area contributed by atoms with Gasteiger partial charge in [0.1, 0.15) is 12.0 Å². The monoisotopic (exact) mass is 253 g/mol. The smallest absolute Gasteiger partial charge is 0.150 e. The predicted octanol–water partition coefficient (Wildman–Crippen LogP) is 2.80. The highest BCUT2D eigenvalue weighted by molar-refractivity contribution is 6.32. The average molecular weight is 254 g/mol. The summed E-state index contributed by atoms with van der Waals surface area (Å²) in [5, 5.41) is 0.490. The maximum absolute atomic E-state index is 10.6. The Hall–Kier alpha value is -1.06. The molecule has 0 aromatic heterocycles. The van der Waals surface area contributed by atoms with E-state index in [9.17, 15) is 4.79 Å². The summed E-state index contributed by atoms with van der Waals surface area (Å²) >= 11 is 6.05. The first-order valence-corrected chi connectivity index (χ1v) is 6.24. The third-order valence-corrected chi connectivity index (χ3v) is 3.40. The molecule has 2 N–H and O–H groups in total. The van der Waals surface area contributed by atoms with Crippen LogP contribution < -0.4 is 10.5 Å². The molecule has 0 radical (unpaired) electrons. The summed E-state index contributed by atoms with van der Waals surface area (Å²) in [6.45, 7) is 0. The van der Waals surface area contributed by atoms with Gasteiger partial charge in [0.2, 0.25) is 0 Å². The van der Waals surface area contributed by atoms with Crippen LogP contribution in [0.15, 0.2) is 18.2 Å². The van der Waals surface area contributed by atoms with Gasteiger partial charge in [-0.25, -0.2) is 0 Å². The van der Waals surface area contributed by atoms with Gasteiger partial charge in [0, 0.05) is 11.6 Å². The first-order chi connectivity index (χ1) is 8.19. The molecular weight excluding hydrogens is 238 g/mol. The Labute approximate surface area is 106 Å². The van der Waals surface area contributed by atoms with Gasteiger partial charge in [-0.15, -0.1) is 0 Å². The minimum Gasteiger partial charge on any atom is -0.489 e. The van der Waals surface area contributed by atoms with Crippen LogP contribution in [0.1, 0.15) is 36.0 Å². The number of hydrogen-bond donors (Lipinski definition) is 1. The van der Waals surface area contributed by atoms with E-state index in [-0.39, 0.29) is 6.10 Å². The predicted molar refractivity (Wildman–Crippen MR) is 67.7 cm³/mol. The normalized spacial score (nSPS) is 24.4. The fraction of sp³-hybridized carbons (Fsp3) is 0.462. The maximum atomic E-state index is 10.6. The molecule has 92 valence electrons. The van der Waals surface area contributed by atoms with Gasteiger partial charge >= 0.3 is 0 Å². The zero-order valence-corrected chi connectivity index (χ0v) is 10.3. The van der Waals surface area contributed by atoms with E-state index in [0.717, 1.165) is 32.0 Å². The molecule has 17 heavy (non-hydrogen) atoms. The molecule has 1 fully saturated rings. The van der Waals surface area contributed by atoms with E-state index in [2.05, 4.69) is 0 Å². The van der Waals surface area contributed by atoms with Crippen molar-refractivity contribution >= 4 is 17.9 Å². The van der Waals surface area contributed by atoms with E-state index in [1.54, 1.807) is 18.2 Å². The van der Waals surface area contributed by atoms with Gasteiger partial charge in [0.05, 0.1) is 11.1 Å². The number of rotatable bonds is 3. The zero-order valence-electron chi connectivity index (χ0n) is 9.56. The van der Waals surface area contributed by atoms with Crippen LogP contribution in [0.2, 0.25) is 5.02 Å². The molecule has 3 nitrogen and oxygen atoms in total. The molecule has 1 aliphatic carbocycles. The molecule has 4 heteroatoms. The molecular formula is C13H16ClNO2. The van der Waals surface area contributed by atoms with Crippen LogP contribution in [-0.4, -0.2) is 18.4 Å². The van der Waals surface area contributed by atoms with Crippen molar-refractivity contribution in [2.45, 2.75) is 37.8 Å². The molecule has 0 amide bonds. The molecule has 0 saturated heterocycles. The lowest BCUT2D eigenvalue weighted by atomic mass is 9.94. The van der Waals surface area contributed by atoms with Gasteiger partial charge in [-0.3, -0.25) is 4.79 Å². The van der Waals surface area contributed by atoms with Gasteiger partial charge in [-0.2, -0.15) is 0 Å². The van der Waals surface area contributed by atoms with Crippen LogP contribution in [0.5, 0.6) is 5.75 Å². The van der Waals surface area contributed by atoms with Crippen molar-refractivity contribution in [1.29, 1.82) is 0 Å². The molecule has 0 heterocycles. The van der Waals surface area contributed by atoms with Crippen molar-refractivity contribution in [1.82, 2.24) is 0 Å². The fourth-order valence-electron chi connectivity index (χ4n) is 2.07. The zero-order chi connectivity index (χ0) is 12.3. The molecule has 0 aliphatic heterocycles. The Morgan fingerprint density at radius 2 is 2.00 bits per heavy atom. The number of benzene rings is 1. The Kier molecular flexibility index (Phi) is 4.02. The van der Waals surface area contributed by atoms with Crippen molar-refractivity contribution in [2.24, 2.45) is 5.73 Å². The van der Waals surface area contributed by atoms with Gasteiger partial charge < -0.3 is 10.5 Å². The number of nitrogens with two attached hydrogens (primary N) is 1. The Morgan fingerprint density at radius 3 is 2.59 bits per heavy atom. The molecule has 1 aliphatic rings. The molecule has 1 aromatic carbocycles. The van der Waals surface area contributed by atoms with Crippen LogP contribution in [0.4, 0.5) is 0 Å². The molecule has 2 rings (SSSR count). The number of halogens is 1. The second kappa shape index (κ2) is 5.52. The SMILES string of the molecule is NC1CCC(Oc2ccc(C=O)cc2Cl)CC1. The van der Waals surface area contributed by atoms with Crippen molar-refractivity contribution in [3.63, 3.8) is 0 Å². The lowest BCUT2D eigenvalue weighted by molar-refractivity contribution is 0.112. The van der Waals surface area contributed by atoms with Crippen LogP contribution in [0.3, 0.4) is 0 Å². The van der Waals surface area contributed by atoms with E-state index in [1.165, 1.54) is 0 Å². The second-order valence-corrected chi connectivity index (χ2v) is 4.87. The lowest BCUT2D eigenvalue weighted by Gasteiger charge is -2.27. The maximum Gasteiger partial charge on any atom is 0.150 e. The van der Waals surface area contributed by atoms with E-state index in [1.807, 2.05) is 0 Å². The largest absolute Gasteiger partial charge is 0.489 e. The minimum absolute atomic E-state index is 0.189. The van der Waals surface area contributed by atoms with Crippen molar-refractivity contribution in [2.75, 3.05) is 0 Å². The van der Waals surface area contributed by atoms with Crippen LogP contribution in [-0.2, 0) is 0 Å². The van der Waals surface area contributed by atoms with Crippen molar-refractivity contribution in [3.05, 3.63) is 28.8 Å². The summed E-state index contributed by atoms with van der Waals surface area (Å²) < 4.78 is 5.83. The van der Waals surface area contributed by atoms with E-state index < -0.39 is 0 Å². The third kappa shape index (κ3) is 3.20. The Morgan fingerprint density at radius 1 is 1.29 bits per heavy atom. The van der Waals surface area contributed by atoms with Gasteiger partial charge in [0.15, 0.2) is 0 Å². The van der Waals surface area contributed by atoms with Crippen LogP contribution >= 0.6 is 11.6 Å². The highest BCUT2D eigenvalue weighted by Gasteiger charge is 2.20. The fourth-order valence-corrected chi connectivity index (χ4v) is 2.31. The van der Waals surface area contributed by atoms with E-state index in [4.69, 9.17) is 22.1 Å². The van der Waals surface area contributed by atoms with E-state index in [0.29, 0.717) is 22.4 Å². The first-order valence-electron chi connectivity index (χ1n) is 5.86. The van der Waals surface area contributed by atoms with Crippen LogP contribution in [0.25, 0.3) is 0 Å². The Bertz CT molecular complexity index is 400. The molecule has 0 bridgehead atoms. The molecule has 0 atom stereocenters. The van der Waals surface area contributed by atoms with Crippen molar-refractivity contribution < 1.29 is 9.53 Å². The summed E-state index contributed by atoms with van der Waals surface area (Å²) in [6, 6.07) is 5.39. The highest BCUT2D eigenvalue weighted by atomic mass is 35.5. The number of ether oxygens (including phenoxy) is 1. The summed E-state index contributed by atoms with van der Waals surface area (Å²) in [7, 11) is 0. The van der Waals surface area contributed by atoms with Crippen LogP contribution in [0, 0.1) is 0 Å². The molecule has 0 unspecified atom stereocenters. The summed E-state index contributed by atoms with van der Waals surface area (Å²) in [6.07, 6.45) is 4.88. The van der Waals surface area contributed by atoms with Crippen molar-refractivity contribution in [3.8, 4) is 5.75 Å².